The molecule has 0 aliphatic heterocycles. The molecule has 1 aliphatic carbocycles. The van der Waals surface area contributed by atoms with Gasteiger partial charge in [0.2, 0.25) is 0 Å². The lowest BCUT2D eigenvalue weighted by atomic mass is 9.76. The van der Waals surface area contributed by atoms with Crippen molar-refractivity contribution in [3.8, 4) is 0 Å². The Bertz CT molecular complexity index is 392. The van der Waals surface area contributed by atoms with Gasteiger partial charge in [-0.1, -0.05) is 19.8 Å². The number of aliphatic hydroxyl groups is 1. The number of hydrogen-bond donors (Lipinski definition) is 2. The smallest absolute Gasteiger partial charge is 0.129 e. The number of nitrogens with one attached hydrogen (secondary N) is 1. The molecule has 2 atom stereocenters. The molecule has 0 bridgehead atoms. The standard InChI is InChI=1S/C14H23N3O/c1-3-12-8-13(17-10-16-12)15-9-11-6-4-5-7-14(11,2)18/h8,10-11,18H,3-7,9H2,1-2H3,(H,15,16,17)/t11-,14-/m1/s1. The predicted molar refractivity (Wildman–Crippen MR) is 72.5 cm³/mol. The quantitative estimate of drug-likeness (QED) is 0.860. The van der Waals surface area contributed by atoms with E-state index in [4.69, 9.17) is 0 Å². The van der Waals surface area contributed by atoms with Crippen molar-refractivity contribution in [2.45, 2.75) is 51.6 Å². The maximum Gasteiger partial charge on any atom is 0.129 e. The molecule has 18 heavy (non-hydrogen) atoms. The van der Waals surface area contributed by atoms with Gasteiger partial charge in [0.15, 0.2) is 0 Å². The first-order chi connectivity index (χ1) is 8.62. The van der Waals surface area contributed by atoms with Crippen molar-refractivity contribution < 1.29 is 5.11 Å². The second kappa shape index (κ2) is 5.65. The van der Waals surface area contributed by atoms with Crippen LogP contribution in [0.5, 0.6) is 0 Å². The van der Waals surface area contributed by atoms with Crippen LogP contribution in [-0.4, -0.2) is 27.2 Å². The summed E-state index contributed by atoms with van der Waals surface area (Å²) in [6.45, 7) is 4.82. The van der Waals surface area contributed by atoms with E-state index < -0.39 is 5.60 Å². The van der Waals surface area contributed by atoms with Gasteiger partial charge in [-0.3, -0.25) is 0 Å². The first kappa shape index (κ1) is 13.3. The number of aryl methyl sites for hydroxylation is 1. The van der Waals surface area contributed by atoms with E-state index in [2.05, 4.69) is 22.2 Å². The lowest BCUT2D eigenvalue weighted by Gasteiger charge is -2.37. The highest BCUT2D eigenvalue weighted by atomic mass is 16.3. The summed E-state index contributed by atoms with van der Waals surface area (Å²) >= 11 is 0. The monoisotopic (exact) mass is 249 g/mol. The maximum atomic E-state index is 10.3. The molecule has 1 aliphatic rings. The minimum atomic E-state index is -0.536. The summed E-state index contributed by atoms with van der Waals surface area (Å²) in [6.07, 6.45) is 6.86. The molecule has 4 nitrogen and oxygen atoms in total. The van der Waals surface area contributed by atoms with Gasteiger partial charge in [-0.15, -0.1) is 0 Å². The Balaban J connectivity index is 1.94. The van der Waals surface area contributed by atoms with Gasteiger partial charge < -0.3 is 10.4 Å². The zero-order chi connectivity index (χ0) is 13.0. The van der Waals surface area contributed by atoms with Crippen LogP contribution in [0.4, 0.5) is 5.82 Å². The number of rotatable bonds is 4. The van der Waals surface area contributed by atoms with Crippen molar-refractivity contribution in [1.29, 1.82) is 0 Å². The molecule has 1 aromatic rings. The number of aromatic nitrogens is 2. The van der Waals surface area contributed by atoms with Crippen LogP contribution in [0.25, 0.3) is 0 Å². The molecule has 2 N–H and O–H groups in total. The third-order valence-electron chi connectivity index (χ3n) is 3.98. The lowest BCUT2D eigenvalue weighted by Crippen LogP contribution is -2.41. The van der Waals surface area contributed by atoms with Crippen LogP contribution in [0, 0.1) is 5.92 Å². The van der Waals surface area contributed by atoms with Gasteiger partial charge in [-0.05, 0) is 26.2 Å². The molecule has 0 radical (unpaired) electrons. The van der Waals surface area contributed by atoms with Gasteiger partial charge in [0, 0.05) is 24.2 Å². The zero-order valence-electron chi connectivity index (χ0n) is 11.3. The first-order valence-electron chi connectivity index (χ1n) is 6.89. The van der Waals surface area contributed by atoms with E-state index in [0.717, 1.165) is 43.7 Å². The van der Waals surface area contributed by atoms with E-state index in [1.165, 1.54) is 6.42 Å². The van der Waals surface area contributed by atoms with Crippen LogP contribution in [0.3, 0.4) is 0 Å². The third kappa shape index (κ3) is 3.19. The van der Waals surface area contributed by atoms with Crippen molar-refractivity contribution in [1.82, 2.24) is 9.97 Å². The molecule has 0 unspecified atom stereocenters. The molecule has 0 aromatic carbocycles. The fourth-order valence-electron chi connectivity index (χ4n) is 2.63. The molecule has 2 rings (SSSR count). The normalized spacial score (nSPS) is 28.1. The second-order valence-corrected chi connectivity index (χ2v) is 5.43. The van der Waals surface area contributed by atoms with Crippen molar-refractivity contribution in [3.63, 3.8) is 0 Å². The molecule has 4 heteroatoms. The molecular weight excluding hydrogens is 226 g/mol. The Hall–Kier alpha value is -1.16. The Morgan fingerprint density at radius 3 is 3.00 bits per heavy atom. The fraction of sp³-hybridized carbons (Fsp3) is 0.714. The fourth-order valence-corrected chi connectivity index (χ4v) is 2.63. The van der Waals surface area contributed by atoms with Gasteiger partial charge >= 0.3 is 0 Å². The van der Waals surface area contributed by atoms with Crippen molar-refractivity contribution in [3.05, 3.63) is 18.1 Å². The highest BCUT2D eigenvalue weighted by Crippen LogP contribution is 2.33. The van der Waals surface area contributed by atoms with E-state index in [-0.39, 0.29) is 0 Å². The molecule has 0 saturated heterocycles. The number of anilines is 1. The SMILES string of the molecule is CCc1cc(NC[C@H]2CCCC[C@@]2(C)O)ncn1. The van der Waals surface area contributed by atoms with Crippen molar-refractivity contribution in [2.75, 3.05) is 11.9 Å². The van der Waals surface area contributed by atoms with E-state index in [9.17, 15) is 5.11 Å². The van der Waals surface area contributed by atoms with E-state index >= 15 is 0 Å². The maximum absolute atomic E-state index is 10.3. The second-order valence-electron chi connectivity index (χ2n) is 5.43. The molecule has 1 fully saturated rings. The highest BCUT2D eigenvalue weighted by molar-refractivity contribution is 5.34. The van der Waals surface area contributed by atoms with Crippen LogP contribution in [0.2, 0.25) is 0 Å². The topological polar surface area (TPSA) is 58.0 Å². The molecule has 1 heterocycles. The Labute approximate surface area is 109 Å². The van der Waals surface area contributed by atoms with Crippen molar-refractivity contribution >= 4 is 5.82 Å². The van der Waals surface area contributed by atoms with Gasteiger partial charge in [-0.25, -0.2) is 9.97 Å². The molecule has 1 aromatic heterocycles. The van der Waals surface area contributed by atoms with Crippen LogP contribution in [0.15, 0.2) is 12.4 Å². The molecule has 1 saturated carbocycles. The summed E-state index contributed by atoms with van der Waals surface area (Å²) in [5.74, 6) is 1.18. The Morgan fingerprint density at radius 2 is 2.28 bits per heavy atom. The summed E-state index contributed by atoms with van der Waals surface area (Å²) in [4.78, 5) is 8.40. The van der Waals surface area contributed by atoms with E-state index in [1.54, 1.807) is 6.33 Å². The summed E-state index contributed by atoms with van der Waals surface area (Å²) in [5, 5.41) is 13.7. The first-order valence-corrected chi connectivity index (χ1v) is 6.89. The molecular formula is C14H23N3O. The van der Waals surface area contributed by atoms with Gasteiger partial charge in [0.05, 0.1) is 5.60 Å². The highest BCUT2D eigenvalue weighted by Gasteiger charge is 2.33. The van der Waals surface area contributed by atoms with Gasteiger partial charge in [0.25, 0.3) is 0 Å². The predicted octanol–water partition coefficient (Wildman–Crippen LogP) is 2.39. The summed E-state index contributed by atoms with van der Waals surface area (Å²) in [6, 6.07) is 1.98. The van der Waals surface area contributed by atoms with E-state index in [0.29, 0.717) is 5.92 Å². The molecule has 100 valence electrons. The minimum absolute atomic E-state index is 0.311. The van der Waals surface area contributed by atoms with Crippen LogP contribution < -0.4 is 5.32 Å². The molecule has 0 spiro atoms. The van der Waals surface area contributed by atoms with Gasteiger partial charge in [0.1, 0.15) is 12.1 Å². The minimum Gasteiger partial charge on any atom is -0.390 e. The lowest BCUT2D eigenvalue weighted by molar-refractivity contribution is -0.0261. The van der Waals surface area contributed by atoms with Crippen molar-refractivity contribution in [2.24, 2.45) is 5.92 Å². The molecule has 0 amide bonds. The van der Waals surface area contributed by atoms with Crippen LogP contribution in [-0.2, 0) is 6.42 Å². The van der Waals surface area contributed by atoms with Crippen LogP contribution >= 0.6 is 0 Å². The number of nitrogens with zero attached hydrogens (tertiary/aromatic N) is 2. The summed E-state index contributed by atoms with van der Waals surface area (Å²) in [7, 11) is 0. The largest absolute Gasteiger partial charge is 0.390 e. The van der Waals surface area contributed by atoms with Gasteiger partial charge in [-0.2, -0.15) is 0 Å². The zero-order valence-corrected chi connectivity index (χ0v) is 11.3. The summed E-state index contributed by atoms with van der Waals surface area (Å²) in [5.41, 5.74) is 0.509. The third-order valence-corrected chi connectivity index (χ3v) is 3.98. The number of hydrogen-bond acceptors (Lipinski definition) is 4. The summed E-state index contributed by atoms with van der Waals surface area (Å²) < 4.78 is 0. The average molecular weight is 249 g/mol. The van der Waals surface area contributed by atoms with E-state index in [1.807, 2.05) is 13.0 Å². The Morgan fingerprint density at radius 1 is 1.44 bits per heavy atom. The Kier molecular flexibility index (Phi) is 4.17. The average Bonchev–Trinajstić information content (AvgIpc) is 2.37. The van der Waals surface area contributed by atoms with Crippen LogP contribution in [0.1, 0.15) is 45.2 Å².